The molecular formula is C12H12BrN3O. The quantitative estimate of drug-likeness (QED) is 0.817. The minimum Gasteiger partial charge on any atom is -0.292 e. The van der Waals surface area contributed by atoms with Gasteiger partial charge in [0.05, 0.1) is 0 Å². The van der Waals surface area contributed by atoms with E-state index in [0.29, 0.717) is 10.3 Å². The van der Waals surface area contributed by atoms with Gasteiger partial charge in [-0.2, -0.15) is 0 Å². The standard InChI is InChI=1S/C12H12BrN3O/c1-8(9-6-4-3-5-7-9)11(17)10-12(13)14-15-16(10)2/h3-8H,1-2H3. The van der Waals surface area contributed by atoms with Gasteiger partial charge in [-0.3, -0.25) is 4.79 Å². The Bertz CT molecular complexity index is 516. The summed E-state index contributed by atoms with van der Waals surface area (Å²) in [4.78, 5) is 12.3. The van der Waals surface area contributed by atoms with Crippen molar-refractivity contribution in [3.8, 4) is 0 Å². The second-order valence-corrected chi connectivity index (χ2v) is 4.60. The first-order valence-electron chi connectivity index (χ1n) is 5.25. The van der Waals surface area contributed by atoms with Crippen LogP contribution in [0, 0.1) is 0 Å². The molecule has 1 aromatic heterocycles. The fourth-order valence-electron chi connectivity index (χ4n) is 1.69. The van der Waals surface area contributed by atoms with E-state index in [1.165, 1.54) is 4.68 Å². The average Bonchev–Trinajstić information content (AvgIpc) is 2.68. The highest BCUT2D eigenvalue weighted by molar-refractivity contribution is 9.10. The number of hydrogen-bond acceptors (Lipinski definition) is 3. The van der Waals surface area contributed by atoms with Crippen molar-refractivity contribution in [1.82, 2.24) is 15.0 Å². The predicted octanol–water partition coefficient (Wildman–Crippen LogP) is 2.56. The number of rotatable bonds is 3. The van der Waals surface area contributed by atoms with Crippen molar-refractivity contribution in [2.75, 3.05) is 0 Å². The lowest BCUT2D eigenvalue weighted by molar-refractivity contribution is 0.0956. The van der Waals surface area contributed by atoms with Crippen LogP contribution in [0.1, 0.15) is 28.9 Å². The van der Waals surface area contributed by atoms with Gasteiger partial charge in [-0.25, -0.2) is 4.68 Å². The fourth-order valence-corrected chi connectivity index (χ4v) is 2.21. The number of benzene rings is 1. The molecule has 1 atom stereocenters. The Labute approximate surface area is 108 Å². The van der Waals surface area contributed by atoms with E-state index in [0.717, 1.165) is 5.56 Å². The van der Waals surface area contributed by atoms with Gasteiger partial charge in [0.15, 0.2) is 10.4 Å². The van der Waals surface area contributed by atoms with Gasteiger partial charge in [-0.1, -0.05) is 42.5 Å². The van der Waals surface area contributed by atoms with Gasteiger partial charge in [-0.05, 0) is 21.5 Å². The smallest absolute Gasteiger partial charge is 0.190 e. The van der Waals surface area contributed by atoms with Gasteiger partial charge in [0.2, 0.25) is 0 Å². The first-order valence-corrected chi connectivity index (χ1v) is 6.05. The largest absolute Gasteiger partial charge is 0.292 e. The maximum atomic E-state index is 12.3. The summed E-state index contributed by atoms with van der Waals surface area (Å²) in [6, 6.07) is 9.67. The third kappa shape index (κ3) is 2.29. The first kappa shape index (κ1) is 12.0. The Balaban J connectivity index is 2.33. The molecule has 5 heteroatoms. The van der Waals surface area contributed by atoms with E-state index in [4.69, 9.17) is 0 Å². The van der Waals surface area contributed by atoms with Gasteiger partial charge in [-0.15, -0.1) is 5.10 Å². The molecule has 0 aliphatic carbocycles. The molecule has 0 N–H and O–H groups in total. The summed E-state index contributed by atoms with van der Waals surface area (Å²) in [5.41, 5.74) is 1.49. The zero-order chi connectivity index (χ0) is 12.4. The molecule has 0 spiro atoms. The van der Waals surface area contributed by atoms with Crippen LogP contribution in [0.15, 0.2) is 34.9 Å². The van der Waals surface area contributed by atoms with Crippen LogP contribution in [-0.4, -0.2) is 20.8 Å². The number of aromatic nitrogens is 3. The molecule has 0 aliphatic rings. The monoisotopic (exact) mass is 293 g/mol. The Kier molecular flexibility index (Phi) is 3.38. The van der Waals surface area contributed by atoms with Crippen LogP contribution in [0.2, 0.25) is 0 Å². The lowest BCUT2D eigenvalue weighted by atomic mass is 9.95. The molecule has 0 saturated heterocycles. The van der Waals surface area contributed by atoms with E-state index in [9.17, 15) is 4.79 Å². The lowest BCUT2D eigenvalue weighted by Gasteiger charge is -2.10. The summed E-state index contributed by atoms with van der Waals surface area (Å²) in [6.45, 7) is 1.89. The average molecular weight is 294 g/mol. The molecule has 0 saturated carbocycles. The molecule has 0 fully saturated rings. The van der Waals surface area contributed by atoms with Gasteiger partial charge in [0.25, 0.3) is 0 Å². The predicted molar refractivity (Wildman–Crippen MR) is 67.9 cm³/mol. The molecule has 88 valence electrons. The minimum atomic E-state index is -0.204. The molecule has 2 rings (SSSR count). The van der Waals surface area contributed by atoms with Gasteiger partial charge < -0.3 is 0 Å². The van der Waals surface area contributed by atoms with Crippen molar-refractivity contribution >= 4 is 21.7 Å². The van der Waals surface area contributed by atoms with Crippen molar-refractivity contribution in [3.05, 3.63) is 46.2 Å². The van der Waals surface area contributed by atoms with Crippen LogP contribution in [0.3, 0.4) is 0 Å². The maximum absolute atomic E-state index is 12.3. The number of carbonyl (C=O) groups is 1. The summed E-state index contributed by atoms with van der Waals surface area (Å²) in [7, 11) is 1.71. The summed E-state index contributed by atoms with van der Waals surface area (Å²) >= 11 is 3.24. The van der Waals surface area contributed by atoms with Crippen molar-refractivity contribution < 1.29 is 4.79 Å². The van der Waals surface area contributed by atoms with E-state index < -0.39 is 0 Å². The zero-order valence-electron chi connectivity index (χ0n) is 9.59. The number of hydrogen-bond donors (Lipinski definition) is 0. The second-order valence-electron chi connectivity index (χ2n) is 3.85. The third-order valence-electron chi connectivity index (χ3n) is 2.71. The van der Waals surface area contributed by atoms with Crippen molar-refractivity contribution in [2.45, 2.75) is 12.8 Å². The highest BCUT2D eigenvalue weighted by atomic mass is 79.9. The molecule has 2 aromatic rings. The van der Waals surface area contributed by atoms with Gasteiger partial charge >= 0.3 is 0 Å². The summed E-state index contributed by atoms with van der Waals surface area (Å²) in [5.74, 6) is -0.194. The highest BCUT2D eigenvalue weighted by Gasteiger charge is 2.23. The van der Waals surface area contributed by atoms with E-state index in [2.05, 4.69) is 26.2 Å². The number of aryl methyl sites for hydroxylation is 1. The highest BCUT2D eigenvalue weighted by Crippen LogP contribution is 2.23. The van der Waals surface area contributed by atoms with Gasteiger partial charge in [0, 0.05) is 13.0 Å². The van der Waals surface area contributed by atoms with Crippen molar-refractivity contribution in [2.24, 2.45) is 7.05 Å². The number of halogens is 1. The van der Waals surface area contributed by atoms with Crippen molar-refractivity contribution in [1.29, 1.82) is 0 Å². The number of carbonyl (C=O) groups excluding carboxylic acids is 1. The van der Waals surface area contributed by atoms with Crippen molar-refractivity contribution in [3.63, 3.8) is 0 Å². The van der Waals surface area contributed by atoms with Crippen LogP contribution in [-0.2, 0) is 7.05 Å². The Hall–Kier alpha value is -1.49. The third-order valence-corrected chi connectivity index (χ3v) is 3.25. The van der Waals surface area contributed by atoms with Gasteiger partial charge in [0.1, 0.15) is 5.69 Å². The number of Topliss-reactive ketones (excluding diaryl/α,β-unsaturated/α-hetero) is 1. The number of nitrogens with zero attached hydrogens (tertiary/aromatic N) is 3. The normalized spacial score (nSPS) is 12.4. The summed E-state index contributed by atoms with van der Waals surface area (Å²) in [5, 5.41) is 7.63. The Morgan fingerprint density at radius 1 is 1.35 bits per heavy atom. The molecule has 0 amide bonds. The van der Waals surface area contributed by atoms with Crippen LogP contribution >= 0.6 is 15.9 Å². The Morgan fingerprint density at radius 3 is 2.53 bits per heavy atom. The molecule has 1 aromatic carbocycles. The van der Waals surface area contributed by atoms with E-state index >= 15 is 0 Å². The molecule has 0 bridgehead atoms. The lowest BCUT2D eigenvalue weighted by Crippen LogP contribution is -2.14. The molecule has 17 heavy (non-hydrogen) atoms. The molecule has 4 nitrogen and oxygen atoms in total. The SMILES string of the molecule is CC(C(=O)c1c(Br)nnn1C)c1ccccc1. The maximum Gasteiger partial charge on any atom is 0.190 e. The minimum absolute atomic E-state index is 0.00979. The van der Waals surface area contributed by atoms with Crippen LogP contribution in [0.4, 0.5) is 0 Å². The van der Waals surface area contributed by atoms with E-state index in [1.54, 1.807) is 7.05 Å². The molecule has 0 aliphatic heterocycles. The van der Waals surface area contributed by atoms with Crippen LogP contribution in [0.5, 0.6) is 0 Å². The number of ketones is 1. The topological polar surface area (TPSA) is 47.8 Å². The van der Waals surface area contributed by atoms with E-state index in [-0.39, 0.29) is 11.7 Å². The molecular weight excluding hydrogens is 282 g/mol. The molecule has 1 unspecified atom stereocenters. The first-order chi connectivity index (χ1) is 8.11. The second kappa shape index (κ2) is 4.79. The summed E-state index contributed by atoms with van der Waals surface area (Å²) < 4.78 is 1.99. The molecule has 0 radical (unpaired) electrons. The fraction of sp³-hybridized carbons (Fsp3) is 0.250. The van der Waals surface area contributed by atoms with E-state index in [1.807, 2.05) is 37.3 Å². The summed E-state index contributed by atoms with van der Waals surface area (Å²) in [6.07, 6.45) is 0. The molecule has 1 heterocycles. The Morgan fingerprint density at radius 2 is 2.00 bits per heavy atom. The zero-order valence-corrected chi connectivity index (χ0v) is 11.2. The van der Waals surface area contributed by atoms with Crippen LogP contribution < -0.4 is 0 Å². The van der Waals surface area contributed by atoms with Crippen LogP contribution in [0.25, 0.3) is 0 Å².